The smallest absolute Gasteiger partial charge is 0.410 e. The highest BCUT2D eigenvalue weighted by atomic mass is 16.6. The molecule has 2 N–H and O–H groups in total. The summed E-state index contributed by atoms with van der Waals surface area (Å²) in [7, 11) is 0. The van der Waals surface area contributed by atoms with E-state index >= 15 is 0 Å². The molecule has 1 amide bonds. The maximum Gasteiger partial charge on any atom is 0.410 e. The summed E-state index contributed by atoms with van der Waals surface area (Å²) in [4.78, 5) is 23.2. The Balaban J connectivity index is 1.79. The number of carbonyl (C=O) groups is 1. The van der Waals surface area contributed by atoms with E-state index in [0.29, 0.717) is 35.7 Å². The molecule has 0 bridgehead atoms. The summed E-state index contributed by atoms with van der Waals surface area (Å²) in [6, 6.07) is 7.82. The van der Waals surface area contributed by atoms with E-state index in [1.165, 1.54) is 5.56 Å². The van der Waals surface area contributed by atoms with Gasteiger partial charge in [-0.05, 0) is 70.2 Å². The molecule has 1 saturated heterocycles. The highest BCUT2D eigenvalue weighted by molar-refractivity contribution is 5.70. The first kappa shape index (κ1) is 28.7. The lowest BCUT2D eigenvalue weighted by Gasteiger charge is -2.56. The maximum absolute atomic E-state index is 12.8. The van der Waals surface area contributed by atoms with Crippen molar-refractivity contribution in [3.05, 3.63) is 64.8 Å². The van der Waals surface area contributed by atoms with Crippen molar-refractivity contribution in [1.29, 1.82) is 0 Å². The zero-order valence-electron chi connectivity index (χ0n) is 24.4. The van der Waals surface area contributed by atoms with Gasteiger partial charge in [0.05, 0.1) is 0 Å². The summed E-state index contributed by atoms with van der Waals surface area (Å²) in [5.74, 6) is 0.670. The number of rotatable bonds is 6. The molecule has 0 saturated carbocycles. The molecule has 9 nitrogen and oxygen atoms in total. The quantitative estimate of drug-likeness (QED) is 0.436. The van der Waals surface area contributed by atoms with Gasteiger partial charge in [-0.3, -0.25) is 4.98 Å². The number of carbonyl (C=O) groups excluding carboxylic acids is 1. The average Bonchev–Trinajstić information content (AvgIpc) is 3.31. The van der Waals surface area contributed by atoms with Gasteiger partial charge in [0, 0.05) is 42.0 Å². The van der Waals surface area contributed by atoms with Gasteiger partial charge in [-0.2, -0.15) is 4.98 Å². The average molecular weight is 537 g/mol. The zero-order valence-corrected chi connectivity index (χ0v) is 24.4. The van der Waals surface area contributed by atoms with Gasteiger partial charge in [-0.1, -0.05) is 44.1 Å². The van der Waals surface area contributed by atoms with E-state index in [0.717, 1.165) is 5.56 Å². The Labute approximate surface area is 230 Å². The number of aromatic nitrogens is 3. The van der Waals surface area contributed by atoms with Crippen LogP contribution in [-0.4, -0.2) is 55.0 Å². The molecule has 1 atom stereocenters. The normalized spacial score (nSPS) is 17.1. The van der Waals surface area contributed by atoms with Gasteiger partial charge in [-0.15, -0.1) is 0 Å². The van der Waals surface area contributed by atoms with E-state index < -0.39 is 28.3 Å². The lowest BCUT2D eigenvalue weighted by atomic mass is 9.61. The van der Waals surface area contributed by atoms with Crippen LogP contribution in [0, 0.1) is 12.3 Å². The Bertz CT molecular complexity index is 1360. The van der Waals surface area contributed by atoms with Crippen molar-refractivity contribution in [2.45, 2.75) is 85.0 Å². The topological polar surface area (TPSA) is 122 Å². The van der Waals surface area contributed by atoms with Gasteiger partial charge >= 0.3 is 6.09 Å². The van der Waals surface area contributed by atoms with E-state index in [4.69, 9.17) is 9.26 Å². The lowest BCUT2D eigenvalue weighted by molar-refractivity contribution is -0.131. The predicted molar refractivity (Wildman–Crippen MR) is 147 cm³/mol. The molecule has 1 aliphatic rings. The van der Waals surface area contributed by atoms with Crippen molar-refractivity contribution in [2.75, 3.05) is 13.1 Å². The number of nitrogens with zero attached hydrogens (tertiary/aromatic N) is 4. The largest absolute Gasteiger partial charge is 0.444 e. The summed E-state index contributed by atoms with van der Waals surface area (Å²) >= 11 is 0. The number of hydrogen-bond donors (Lipinski definition) is 2. The van der Waals surface area contributed by atoms with Crippen molar-refractivity contribution in [3.63, 3.8) is 0 Å². The Morgan fingerprint density at radius 3 is 2.28 bits per heavy atom. The minimum absolute atomic E-state index is 0.0806. The standard InChI is InChI=1S/C30H40N4O5/c1-18(2)23-11-10-21(12-19(23)3)30(37,29(9)16-34(17-29)26(35)38-27(4,5)6)22-13-20(14-31-15-22)24-32-25(39-33-24)28(7,8)36/h10-15,18,36-37H,16-17H2,1-9H3. The van der Waals surface area contributed by atoms with Gasteiger partial charge in [0.15, 0.2) is 0 Å². The molecule has 1 aliphatic heterocycles. The summed E-state index contributed by atoms with van der Waals surface area (Å²) in [6.07, 6.45) is 2.81. The number of aryl methyl sites for hydroxylation is 1. The van der Waals surface area contributed by atoms with Gasteiger partial charge in [-0.25, -0.2) is 4.79 Å². The summed E-state index contributed by atoms with van der Waals surface area (Å²) in [6.45, 7) is 17.5. The molecule has 2 aromatic heterocycles. The van der Waals surface area contributed by atoms with Crippen molar-refractivity contribution in [2.24, 2.45) is 5.41 Å². The van der Waals surface area contributed by atoms with Crippen LogP contribution in [0.5, 0.6) is 0 Å². The van der Waals surface area contributed by atoms with Crippen molar-refractivity contribution in [3.8, 4) is 11.4 Å². The van der Waals surface area contributed by atoms with E-state index in [2.05, 4.69) is 35.0 Å². The van der Waals surface area contributed by atoms with Gasteiger partial charge in [0.25, 0.3) is 5.89 Å². The molecule has 0 aliphatic carbocycles. The first-order valence-corrected chi connectivity index (χ1v) is 13.3. The second-order valence-electron chi connectivity index (χ2n) is 12.8. The second-order valence-corrected chi connectivity index (χ2v) is 12.8. The fourth-order valence-electron chi connectivity index (χ4n) is 5.24. The van der Waals surface area contributed by atoms with Crippen LogP contribution in [0.1, 0.15) is 89.5 Å². The molecule has 3 aromatic rings. The maximum atomic E-state index is 12.8. The minimum Gasteiger partial charge on any atom is -0.444 e. The molecule has 1 unspecified atom stereocenters. The molecule has 3 heterocycles. The number of likely N-dealkylation sites (tertiary alicyclic amines) is 1. The molecule has 210 valence electrons. The Morgan fingerprint density at radius 2 is 1.74 bits per heavy atom. The molecule has 39 heavy (non-hydrogen) atoms. The van der Waals surface area contributed by atoms with Crippen LogP contribution < -0.4 is 0 Å². The summed E-state index contributed by atoms with van der Waals surface area (Å²) in [5.41, 5.74) is -0.0998. The molecule has 0 spiro atoms. The van der Waals surface area contributed by atoms with E-state index in [9.17, 15) is 15.0 Å². The second kappa shape index (κ2) is 9.71. The van der Waals surface area contributed by atoms with Crippen molar-refractivity contribution < 1.29 is 24.3 Å². The molecule has 0 radical (unpaired) electrons. The summed E-state index contributed by atoms with van der Waals surface area (Å²) < 4.78 is 10.8. The third kappa shape index (κ3) is 5.43. The molecule has 9 heteroatoms. The number of pyridine rings is 1. The van der Waals surface area contributed by atoms with Crippen molar-refractivity contribution in [1.82, 2.24) is 20.0 Å². The number of ether oxygens (including phenoxy) is 1. The first-order valence-electron chi connectivity index (χ1n) is 13.3. The van der Waals surface area contributed by atoms with Crippen molar-refractivity contribution >= 4 is 6.09 Å². The number of hydrogen-bond acceptors (Lipinski definition) is 8. The highest BCUT2D eigenvalue weighted by Crippen LogP contribution is 2.51. The molecular weight excluding hydrogens is 496 g/mol. The molecule has 4 rings (SSSR count). The fourth-order valence-corrected chi connectivity index (χ4v) is 5.24. The Kier molecular flexibility index (Phi) is 7.15. The third-order valence-corrected chi connectivity index (χ3v) is 7.28. The van der Waals surface area contributed by atoms with E-state index in [1.807, 2.05) is 46.8 Å². The van der Waals surface area contributed by atoms with Crippen LogP contribution >= 0.6 is 0 Å². The van der Waals surface area contributed by atoms with Crippen LogP contribution in [0.2, 0.25) is 0 Å². The zero-order chi connectivity index (χ0) is 29.0. The van der Waals surface area contributed by atoms with E-state index in [1.54, 1.807) is 37.2 Å². The third-order valence-electron chi connectivity index (χ3n) is 7.28. The van der Waals surface area contributed by atoms with Gasteiger partial charge in [0.1, 0.15) is 16.8 Å². The molecule has 1 aromatic carbocycles. The Morgan fingerprint density at radius 1 is 1.08 bits per heavy atom. The summed E-state index contributed by atoms with van der Waals surface area (Å²) in [5, 5.41) is 27.0. The van der Waals surface area contributed by atoms with Gasteiger partial charge in [0.2, 0.25) is 5.82 Å². The first-order chi connectivity index (χ1) is 17.9. The predicted octanol–water partition coefficient (Wildman–Crippen LogP) is 5.28. The van der Waals surface area contributed by atoms with Crippen LogP contribution in [0.4, 0.5) is 4.79 Å². The number of benzene rings is 1. The van der Waals surface area contributed by atoms with E-state index in [-0.39, 0.29) is 11.7 Å². The fraction of sp³-hybridized carbons (Fsp3) is 0.533. The van der Waals surface area contributed by atoms with Crippen LogP contribution in [0.3, 0.4) is 0 Å². The lowest BCUT2D eigenvalue weighted by Crippen LogP contribution is -2.66. The molecule has 1 fully saturated rings. The highest BCUT2D eigenvalue weighted by Gasteiger charge is 2.58. The SMILES string of the molecule is Cc1cc(C(O)(c2cncc(-c3noc(C(C)(C)O)n3)c2)C2(C)CN(C(=O)OC(C)(C)C)C2)ccc1C(C)C. The van der Waals surface area contributed by atoms with Crippen LogP contribution in [-0.2, 0) is 15.9 Å². The number of amides is 1. The molecular formula is C30H40N4O5. The van der Waals surface area contributed by atoms with Crippen LogP contribution in [0.25, 0.3) is 11.4 Å². The number of aliphatic hydroxyl groups is 2. The minimum atomic E-state index is -1.50. The van der Waals surface area contributed by atoms with Crippen LogP contribution in [0.15, 0.2) is 41.2 Å². The Hall–Kier alpha value is -3.30. The van der Waals surface area contributed by atoms with Gasteiger partial charge < -0.3 is 24.4 Å². The monoisotopic (exact) mass is 536 g/mol.